The Hall–Kier alpha value is -3.37. The number of urea groups is 1. The molecule has 1 saturated heterocycles. The number of carbonyl (C=O) groups excluding carboxylic acids is 2. The van der Waals surface area contributed by atoms with E-state index in [4.69, 9.17) is 10.5 Å². The molecular weight excluding hydrogens is 386 g/mol. The van der Waals surface area contributed by atoms with E-state index in [1.54, 1.807) is 35.9 Å². The van der Waals surface area contributed by atoms with Crippen LogP contribution in [0.2, 0.25) is 0 Å². The third kappa shape index (κ3) is 3.43. The molecule has 4 N–H and O–H groups in total. The molecule has 0 aliphatic carbocycles. The molecule has 9 nitrogen and oxygen atoms in total. The molecule has 1 aromatic heterocycles. The van der Waals surface area contributed by atoms with Crippen molar-refractivity contribution in [3.05, 3.63) is 24.4 Å². The monoisotopic (exact) mass is 406 g/mol. The fourth-order valence-corrected chi connectivity index (χ4v) is 3.39. The van der Waals surface area contributed by atoms with Gasteiger partial charge in [-0.2, -0.15) is 0 Å². The van der Waals surface area contributed by atoms with E-state index in [9.17, 15) is 18.4 Å². The van der Waals surface area contributed by atoms with Crippen molar-refractivity contribution in [2.45, 2.75) is 32.0 Å². The van der Waals surface area contributed by atoms with Gasteiger partial charge in [-0.15, -0.1) is 0 Å². The molecule has 2 aliphatic heterocycles. The summed E-state index contributed by atoms with van der Waals surface area (Å²) >= 11 is 0. The Bertz CT molecular complexity index is 963. The van der Waals surface area contributed by atoms with Crippen LogP contribution in [-0.2, 0) is 11.3 Å². The Balaban J connectivity index is 1.68. The topological polar surface area (TPSA) is 115 Å². The number of halogens is 2. The first kappa shape index (κ1) is 19.0. The van der Waals surface area contributed by atoms with Crippen molar-refractivity contribution in [3.8, 4) is 17.1 Å². The summed E-state index contributed by atoms with van der Waals surface area (Å²) in [5.74, 6) is 0.713. The number of hydrogen-bond donors (Lipinski definition) is 3. The molecule has 29 heavy (non-hydrogen) atoms. The summed E-state index contributed by atoms with van der Waals surface area (Å²) in [7, 11) is 0. The van der Waals surface area contributed by atoms with E-state index < -0.39 is 30.4 Å². The molecule has 2 aromatic rings. The summed E-state index contributed by atoms with van der Waals surface area (Å²) in [4.78, 5) is 28.8. The van der Waals surface area contributed by atoms with Gasteiger partial charge < -0.3 is 25.7 Å². The van der Waals surface area contributed by atoms with Gasteiger partial charge in [-0.1, -0.05) is 0 Å². The predicted molar refractivity (Wildman–Crippen MR) is 101 cm³/mol. The molecule has 0 spiro atoms. The fraction of sp³-hybridized carbons (Fsp3) is 0.389. The number of primary amides is 1. The normalized spacial score (nSPS) is 19.1. The highest BCUT2D eigenvalue weighted by Crippen LogP contribution is 2.36. The number of imidazole rings is 1. The van der Waals surface area contributed by atoms with E-state index in [1.165, 1.54) is 0 Å². The second-order valence-electron chi connectivity index (χ2n) is 6.90. The predicted octanol–water partition coefficient (Wildman–Crippen LogP) is 1.39. The SMILES string of the molecule is CC(Nc1ccc2c(c1)OCCn1cc(N3C(=O)NC[C@H]3C(F)F)nc1-2)C(N)=O. The lowest BCUT2D eigenvalue weighted by molar-refractivity contribution is -0.118. The van der Waals surface area contributed by atoms with Crippen LogP contribution in [0, 0.1) is 0 Å². The number of carbonyl (C=O) groups is 2. The lowest BCUT2D eigenvalue weighted by atomic mass is 10.1. The summed E-state index contributed by atoms with van der Waals surface area (Å²) in [6, 6.07) is 2.81. The molecule has 0 radical (unpaired) electrons. The van der Waals surface area contributed by atoms with E-state index in [2.05, 4.69) is 15.6 Å². The first-order chi connectivity index (χ1) is 13.8. The third-order valence-corrected chi connectivity index (χ3v) is 4.94. The average Bonchev–Trinajstić information content (AvgIpc) is 3.21. The van der Waals surface area contributed by atoms with Crippen LogP contribution >= 0.6 is 0 Å². The van der Waals surface area contributed by atoms with Crippen molar-refractivity contribution in [2.75, 3.05) is 23.4 Å². The number of nitrogens with zero attached hydrogens (tertiary/aromatic N) is 3. The van der Waals surface area contributed by atoms with Crippen LogP contribution in [0.5, 0.6) is 5.75 Å². The number of amides is 3. The van der Waals surface area contributed by atoms with Crippen molar-refractivity contribution in [1.82, 2.24) is 14.9 Å². The standard InChI is InChI=1S/C18H20F2N6O3/c1-9(16(21)27)23-10-2-3-11-13(6-10)29-5-4-25-8-14(24-17(11)25)26-12(15(19)20)7-22-18(26)28/h2-3,6,8-9,12,15,23H,4-5,7H2,1H3,(H2,21,27)(H,22,28)/t9?,12-/m0/s1. The van der Waals surface area contributed by atoms with E-state index in [-0.39, 0.29) is 12.4 Å². The van der Waals surface area contributed by atoms with Crippen LogP contribution in [0.4, 0.5) is 25.1 Å². The largest absolute Gasteiger partial charge is 0.491 e. The van der Waals surface area contributed by atoms with E-state index in [0.29, 0.717) is 36.0 Å². The lowest BCUT2D eigenvalue weighted by Crippen LogP contribution is -2.39. The minimum absolute atomic E-state index is 0.133. The maximum Gasteiger partial charge on any atom is 0.323 e. The Labute approximate surface area is 164 Å². The van der Waals surface area contributed by atoms with Crippen molar-refractivity contribution in [2.24, 2.45) is 5.73 Å². The Morgan fingerprint density at radius 3 is 2.97 bits per heavy atom. The number of alkyl halides is 2. The highest BCUT2D eigenvalue weighted by molar-refractivity contribution is 5.94. The number of aromatic nitrogens is 2. The van der Waals surface area contributed by atoms with E-state index in [1.807, 2.05) is 0 Å². The van der Waals surface area contributed by atoms with Gasteiger partial charge in [0, 0.05) is 24.5 Å². The summed E-state index contributed by atoms with van der Waals surface area (Å²) in [6.45, 7) is 2.28. The maximum atomic E-state index is 13.3. The zero-order valence-electron chi connectivity index (χ0n) is 15.6. The Morgan fingerprint density at radius 2 is 2.24 bits per heavy atom. The van der Waals surface area contributed by atoms with Crippen LogP contribution in [0.1, 0.15) is 6.92 Å². The number of ether oxygens (including phenoxy) is 1. The van der Waals surface area contributed by atoms with Gasteiger partial charge >= 0.3 is 6.03 Å². The molecule has 154 valence electrons. The highest BCUT2D eigenvalue weighted by Gasteiger charge is 2.40. The Morgan fingerprint density at radius 1 is 1.45 bits per heavy atom. The van der Waals surface area contributed by atoms with Gasteiger partial charge in [-0.3, -0.25) is 9.69 Å². The highest BCUT2D eigenvalue weighted by atomic mass is 19.3. The van der Waals surface area contributed by atoms with Gasteiger partial charge in [-0.05, 0) is 19.1 Å². The molecule has 0 saturated carbocycles. The average molecular weight is 406 g/mol. The maximum absolute atomic E-state index is 13.3. The van der Waals surface area contributed by atoms with Crippen molar-refractivity contribution >= 4 is 23.4 Å². The third-order valence-electron chi connectivity index (χ3n) is 4.94. The first-order valence-electron chi connectivity index (χ1n) is 9.10. The minimum Gasteiger partial charge on any atom is -0.491 e. The van der Waals surface area contributed by atoms with E-state index >= 15 is 0 Å². The second-order valence-corrected chi connectivity index (χ2v) is 6.90. The molecule has 2 aliphatic rings. The molecule has 3 heterocycles. The van der Waals surface area contributed by atoms with Gasteiger partial charge in [0.15, 0.2) is 5.82 Å². The van der Waals surface area contributed by atoms with Gasteiger partial charge in [-0.25, -0.2) is 18.6 Å². The number of rotatable bonds is 5. The van der Waals surface area contributed by atoms with E-state index in [0.717, 1.165) is 4.90 Å². The number of hydrogen-bond acceptors (Lipinski definition) is 5. The fourth-order valence-electron chi connectivity index (χ4n) is 3.39. The van der Waals surface area contributed by atoms with Gasteiger partial charge in [0.2, 0.25) is 5.91 Å². The molecule has 0 bridgehead atoms. The quantitative estimate of drug-likeness (QED) is 0.694. The zero-order chi connectivity index (χ0) is 20.7. The molecular formula is C18H20F2N6O3. The van der Waals surface area contributed by atoms with Gasteiger partial charge in [0.1, 0.15) is 30.3 Å². The summed E-state index contributed by atoms with van der Waals surface area (Å²) in [6.07, 6.45) is -1.11. The summed E-state index contributed by atoms with van der Waals surface area (Å²) < 4.78 is 34.2. The molecule has 4 rings (SSSR count). The van der Waals surface area contributed by atoms with Crippen molar-refractivity contribution < 1.29 is 23.1 Å². The van der Waals surface area contributed by atoms with Crippen LogP contribution in [0.15, 0.2) is 24.4 Å². The van der Waals surface area contributed by atoms with Crippen molar-refractivity contribution in [1.29, 1.82) is 0 Å². The molecule has 11 heteroatoms. The molecule has 3 amide bonds. The number of nitrogens with one attached hydrogen (secondary N) is 2. The molecule has 1 aromatic carbocycles. The summed E-state index contributed by atoms with van der Waals surface area (Å²) in [5.41, 5.74) is 6.58. The molecule has 2 atom stereocenters. The number of benzene rings is 1. The van der Waals surface area contributed by atoms with Crippen LogP contribution in [0.25, 0.3) is 11.4 Å². The number of fused-ring (bicyclic) bond motifs is 3. The second kappa shape index (κ2) is 7.22. The van der Waals surface area contributed by atoms with Gasteiger partial charge in [0.05, 0.1) is 12.1 Å². The number of anilines is 2. The Kier molecular flexibility index (Phi) is 4.73. The van der Waals surface area contributed by atoms with Crippen molar-refractivity contribution in [3.63, 3.8) is 0 Å². The minimum atomic E-state index is -2.69. The van der Waals surface area contributed by atoms with Crippen LogP contribution < -0.4 is 26.0 Å². The van der Waals surface area contributed by atoms with Crippen LogP contribution in [-0.4, -0.2) is 53.2 Å². The smallest absolute Gasteiger partial charge is 0.323 e. The molecule has 1 fully saturated rings. The van der Waals surface area contributed by atoms with Gasteiger partial charge in [0.25, 0.3) is 6.43 Å². The first-order valence-corrected chi connectivity index (χ1v) is 9.10. The number of nitrogens with two attached hydrogens (primary N) is 1. The van der Waals surface area contributed by atoms with Crippen LogP contribution in [0.3, 0.4) is 0 Å². The zero-order valence-corrected chi connectivity index (χ0v) is 15.6. The lowest BCUT2D eigenvalue weighted by Gasteiger charge is -2.19. The molecule has 1 unspecified atom stereocenters. The summed E-state index contributed by atoms with van der Waals surface area (Å²) in [5, 5.41) is 5.42.